The fourth-order valence-electron chi connectivity index (χ4n) is 3.69. The van der Waals surface area contributed by atoms with Crippen LogP contribution in [0.25, 0.3) is 11.1 Å². The van der Waals surface area contributed by atoms with Crippen LogP contribution >= 0.6 is 11.8 Å². The van der Waals surface area contributed by atoms with Gasteiger partial charge in [-0.1, -0.05) is 43.3 Å². The van der Waals surface area contributed by atoms with Crippen LogP contribution in [0.2, 0.25) is 0 Å². The van der Waals surface area contributed by atoms with E-state index in [-0.39, 0.29) is 23.1 Å². The number of nitrogens with zero attached hydrogens (tertiary/aromatic N) is 1. The molecule has 0 unspecified atom stereocenters. The Morgan fingerprint density at radius 1 is 1.12 bits per heavy atom. The standard InChI is InChI=1S/C20H20N2O2S/c1-2-25-17-10-11-22-18(17)19(23)21-16-9-8-14(12-15(16)20(22)24)13-6-4-3-5-7-13/h3-9,12,17-18H,2,10-11H2,1H3,(H,21,23)/t17-,18+/m1/s1. The number of thioether (sulfide) groups is 1. The maximum Gasteiger partial charge on any atom is 0.256 e. The molecule has 2 aromatic carbocycles. The Bertz CT molecular complexity index is 822. The van der Waals surface area contributed by atoms with E-state index in [9.17, 15) is 9.59 Å². The van der Waals surface area contributed by atoms with Crippen LogP contribution in [0.5, 0.6) is 0 Å². The number of carbonyl (C=O) groups excluding carboxylic acids is 2. The first-order chi connectivity index (χ1) is 12.2. The summed E-state index contributed by atoms with van der Waals surface area (Å²) in [5, 5.41) is 3.15. The van der Waals surface area contributed by atoms with Crippen LogP contribution in [0.1, 0.15) is 23.7 Å². The van der Waals surface area contributed by atoms with E-state index in [4.69, 9.17) is 0 Å². The summed E-state index contributed by atoms with van der Waals surface area (Å²) in [6.45, 7) is 2.73. The van der Waals surface area contributed by atoms with Crippen LogP contribution in [0, 0.1) is 0 Å². The molecule has 2 amide bonds. The Morgan fingerprint density at radius 2 is 1.92 bits per heavy atom. The Labute approximate surface area is 151 Å². The summed E-state index contributed by atoms with van der Waals surface area (Å²) in [6.07, 6.45) is 0.871. The molecule has 0 spiro atoms. The largest absolute Gasteiger partial charge is 0.325 e. The number of hydrogen-bond acceptors (Lipinski definition) is 3. The van der Waals surface area contributed by atoms with Crippen molar-refractivity contribution in [2.45, 2.75) is 24.6 Å². The number of amides is 2. The average molecular weight is 352 g/mol. The highest BCUT2D eigenvalue weighted by Crippen LogP contribution is 2.35. The van der Waals surface area contributed by atoms with Crippen molar-refractivity contribution in [2.75, 3.05) is 17.6 Å². The smallest absolute Gasteiger partial charge is 0.256 e. The first kappa shape index (κ1) is 16.2. The molecule has 1 fully saturated rings. The van der Waals surface area contributed by atoms with Crippen molar-refractivity contribution in [1.82, 2.24) is 4.90 Å². The molecular formula is C20H20N2O2S. The number of benzene rings is 2. The summed E-state index contributed by atoms with van der Waals surface area (Å²) < 4.78 is 0. The van der Waals surface area contributed by atoms with E-state index in [0.29, 0.717) is 17.8 Å². The van der Waals surface area contributed by atoms with Gasteiger partial charge in [0.05, 0.1) is 11.3 Å². The Kier molecular flexibility index (Phi) is 4.25. The maximum atomic E-state index is 13.1. The van der Waals surface area contributed by atoms with Gasteiger partial charge in [-0.2, -0.15) is 11.8 Å². The maximum absolute atomic E-state index is 13.1. The van der Waals surface area contributed by atoms with Gasteiger partial charge >= 0.3 is 0 Å². The topological polar surface area (TPSA) is 49.4 Å². The van der Waals surface area contributed by atoms with Crippen molar-refractivity contribution in [3.8, 4) is 11.1 Å². The second-order valence-corrected chi connectivity index (χ2v) is 7.86. The zero-order chi connectivity index (χ0) is 17.4. The van der Waals surface area contributed by atoms with Crippen LogP contribution in [0.15, 0.2) is 48.5 Å². The zero-order valence-electron chi connectivity index (χ0n) is 14.1. The highest BCUT2D eigenvalue weighted by molar-refractivity contribution is 7.99. The van der Waals surface area contributed by atoms with Crippen molar-refractivity contribution in [3.63, 3.8) is 0 Å². The number of hydrogen-bond donors (Lipinski definition) is 1. The van der Waals surface area contributed by atoms with Gasteiger partial charge in [0.25, 0.3) is 5.91 Å². The summed E-state index contributed by atoms with van der Waals surface area (Å²) in [5.41, 5.74) is 3.24. The van der Waals surface area contributed by atoms with Gasteiger partial charge in [0, 0.05) is 11.8 Å². The minimum atomic E-state index is -0.370. The minimum Gasteiger partial charge on any atom is -0.325 e. The third kappa shape index (κ3) is 2.82. The summed E-state index contributed by atoms with van der Waals surface area (Å²) in [5.74, 6) is 0.833. The average Bonchev–Trinajstić information content (AvgIpc) is 3.02. The van der Waals surface area contributed by atoms with Crippen molar-refractivity contribution in [1.29, 1.82) is 0 Å². The van der Waals surface area contributed by atoms with Crippen molar-refractivity contribution in [3.05, 3.63) is 54.1 Å². The molecule has 2 aliphatic heterocycles. The molecule has 4 nitrogen and oxygen atoms in total. The summed E-state index contributed by atoms with van der Waals surface area (Å²) in [7, 11) is 0. The van der Waals surface area contributed by atoms with Gasteiger partial charge in [0.15, 0.2) is 0 Å². The lowest BCUT2D eigenvalue weighted by Crippen LogP contribution is -2.44. The lowest BCUT2D eigenvalue weighted by molar-refractivity contribution is -0.119. The quantitative estimate of drug-likeness (QED) is 0.917. The van der Waals surface area contributed by atoms with E-state index in [1.54, 1.807) is 16.7 Å². The third-order valence-corrected chi connectivity index (χ3v) is 6.12. The molecule has 2 aromatic rings. The van der Waals surface area contributed by atoms with Crippen LogP contribution in [0.3, 0.4) is 0 Å². The molecule has 4 rings (SSSR count). The van der Waals surface area contributed by atoms with Gasteiger partial charge in [-0.05, 0) is 35.4 Å². The van der Waals surface area contributed by atoms with Gasteiger partial charge in [0.2, 0.25) is 5.91 Å². The molecule has 0 aliphatic carbocycles. The van der Waals surface area contributed by atoms with E-state index < -0.39 is 0 Å². The minimum absolute atomic E-state index is 0.0460. The number of fused-ring (bicyclic) bond motifs is 2. The normalized spacial score (nSPS) is 22.2. The molecule has 2 heterocycles. The highest BCUT2D eigenvalue weighted by atomic mass is 32.2. The molecule has 0 bridgehead atoms. The van der Waals surface area contributed by atoms with Crippen LogP contribution < -0.4 is 5.32 Å². The van der Waals surface area contributed by atoms with Crippen molar-refractivity contribution < 1.29 is 9.59 Å². The Morgan fingerprint density at radius 3 is 2.68 bits per heavy atom. The molecule has 1 N–H and O–H groups in total. The fraction of sp³-hybridized carbons (Fsp3) is 0.300. The number of carbonyl (C=O) groups is 2. The summed E-state index contributed by atoms with van der Waals surface area (Å²) >= 11 is 1.76. The molecule has 0 aromatic heterocycles. The van der Waals surface area contributed by atoms with Crippen LogP contribution in [0.4, 0.5) is 5.69 Å². The molecule has 1 saturated heterocycles. The lowest BCUT2D eigenvalue weighted by Gasteiger charge is -2.23. The number of nitrogens with one attached hydrogen (secondary N) is 1. The molecule has 2 atom stereocenters. The van der Waals surface area contributed by atoms with E-state index in [2.05, 4.69) is 12.2 Å². The molecule has 128 valence electrons. The van der Waals surface area contributed by atoms with Gasteiger partial charge in [-0.3, -0.25) is 9.59 Å². The second kappa shape index (κ2) is 6.56. The first-order valence-electron chi connectivity index (χ1n) is 8.62. The third-order valence-electron chi connectivity index (χ3n) is 4.87. The Hall–Kier alpha value is -2.27. The van der Waals surface area contributed by atoms with Crippen molar-refractivity contribution in [2.24, 2.45) is 0 Å². The van der Waals surface area contributed by atoms with E-state index in [1.807, 2.05) is 48.5 Å². The molecule has 25 heavy (non-hydrogen) atoms. The zero-order valence-corrected chi connectivity index (χ0v) is 14.9. The molecular weight excluding hydrogens is 332 g/mol. The van der Waals surface area contributed by atoms with Gasteiger partial charge in [0.1, 0.15) is 6.04 Å². The van der Waals surface area contributed by atoms with Gasteiger partial charge in [-0.25, -0.2) is 0 Å². The first-order valence-corrected chi connectivity index (χ1v) is 9.67. The SMILES string of the molecule is CCS[C@@H]1CCN2C(=O)c3cc(-c4ccccc4)ccc3NC(=O)[C@H]12. The van der Waals surface area contributed by atoms with Gasteiger partial charge in [-0.15, -0.1) is 0 Å². The van der Waals surface area contributed by atoms with Crippen LogP contribution in [-0.4, -0.2) is 40.3 Å². The predicted molar refractivity (Wildman–Crippen MR) is 102 cm³/mol. The Balaban J connectivity index is 1.74. The van der Waals surface area contributed by atoms with E-state index in [1.165, 1.54) is 0 Å². The van der Waals surface area contributed by atoms with Crippen molar-refractivity contribution >= 4 is 29.3 Å². The van der Waals surface area contributed by atoms with Crippen LogP contribution in [-0.2, 0) is 4.79 Å². The van der Waals surface area contributed by atoms with E-state index >= 15 is 0 Å². The molecule has 0 radical (unpaired) electrons. The summed E-state index contributed by atoms with van der Waals surface area (Å²) in [6, 6.07) is 15.3. The van der Waals surface area contributed by atoms with Gasteiger partial charge < -0.3 is 10.2 Å². The monoisotopic (exact) mass is 352 g/mol. The second-order valence-electron chi connectivity index (χ2n) is 6.34. The molecule has 5 heteroatoms. The number of anilines is 1. The number of rotatable bonds is 3. The molecule has 2 aliphatic rings. The fourth-order valence-corrected chi connectivity index (χ4v) is 4.85. The summed E-state index contributed by atoms with van der Waals surface area (Å²) in [4.78, 5) is 27.6. The lowest BCUT2D eigenvalue weighted by atomic mass is 10.0. The predicted octanol–water partition coefficient (Wildman–Crippen LogP) is 3.64. The molecule has 0 saturated carbocycles. The van der Waals surface area contributed by atoms with E-state index in [0.717, 1.165) is 23.3 Å². The highest BCUT2D eigenvalue weighted by Gasteiger charge is 2.44.